The molecule has 0 N–H and O–H groups in total. The molecule has 3 aromatic rings. The summed E-state index contributed by atoms with van der Waals surface area (Å²) >= 11 is 0. The molecule has 0 bridgehead atoms. The van der Waals surface area contributed by atoms with Crippen LogP contribution < -0.4 is 9.47 Å². The van der Waals surface area contributed by atoms with Crippen LogP contribution in [0.3, 0.4) is 0 Å². The van der Waals surface area contributed by atoms with Gasteiger partial charge in [-0.1, -0.05) is 45.0 Å². The van der Waals surface area contributed by atoms with E-state index in [1.807, 2.05) is 48.5 Å². The average molecular weight is 333 g/mol. The van der Waals surface area contributed by atoms with Crippen LogP contribution in [0.15, 0.2) is 66.9 Å². The minimum absolute atomic E-state index is 0.000250. The summed E-state index contributed by atoms with van der Waals surface area (Å²) in [5.41, 5.74) is 3.18. The molecule has 0 radical (unpaired) electrons. The molecule has 25 heavy (non-hydrogen) atoms. The van der Waals surface area contributed by atoms with Gasteiger partial charge >= 0.3 is 0 Å². The van der Waals surface area contributed by atoms with Gasteiger partial charge in [0.2, 0.25) is 5.88 Å². The molecule has 128 valence electrons. The second-order valence-corrected chi connectivity index (χ2v) is 6.97. The topological polar surface area (TPSA) is 31.4 Å². The van der Waals surface area contributed by atoms with E-state index in [1.165, 1.54) is 5.56 Å². The first kappa shape index (κ1) is 17.0. The Morgan fingerprint density at radius 3 is 2.28 bits per heavy atom. The van der Waals surface area contributed by atoms with Gasteiger partial charge in [-0.15, -0.1) is 0 Å². The van der Waals surface area contributed by atoms with Crippen LogP contribution >= 0.6 is 0 Å². The van der Waals surface area contributed by atoms with Crippen molar-refractivity contribution in [2.24, 2.45) is 0 Å². The van der Waals surface area contributed by atoms with Crippen LogP contribution in [-0.2, 0) is 5.41 Å². The van der Waals surface area contributed by atoms with Gasteiger partial charge in [-0.2, -0.15) is 0 Å². The SMILES string of the molecule is COc1ncccc1-c1cc(Oc2ccccc2)cc(C(C)(C)C)c1. The summed E-state index contributed by atoms with van der Waals surface area (Å²) in [6, 6.07) is 20.0. The third-order valence-corrected chi connectivity index (χ3v) is 4.03. The molecule has 3 rings (SSSR count). The Labute approximate surface area is 149 Å². The van der Waals surface area contributed by atoms with Gasteiger partial charge < -0.3 is 9.47 Å². The molecule has 0 fully saturated rings. The lowest BCUT2D eigenvalue weighted by Crippen LogP contribution is -2.11. The van der Waals surface area contributed by atoms with Crippen molar-refractivity contribution in [3.63, 3.8) is 0 Å². The summed E-state index contributed by atoms with van der Waals surface area (Å²) in [4.78, 5) is 4.32. The molecule has 0 unspecified atom stereocenters. The highest BCUT2D eigenvalue weighted by molar-refractivity contribution is 5.71. The number of benzene rings is 2. The van der Waals surface area contributed by atoms with Crippen LogP contribution in [0.5, 0.6) is 17.4 Å². The van der Waals surface area contributed by atoms with E-state index in [9.17, 15) is 0 Å². The predicted octanol–water partition coefficient (Wildman–Crippen LogP) is 5.85. The molecule has 1 heterocycles. The molecular formula is C22H23NO2. The van der Waals surface area contributed by atoms with E-state index in [0.717, 1.165) is 22.6 Å². The van der Waals surface area contributed by atoms with Crippen molar-refractivity contribution in [1.82, 2.24) is 4.98 Å². The zero-order valence-corrected chi connectivity index (χ0v) is 15.1. The number of rotatable bonds is 4. The third kappa shape index (κ3) is 4.00. The molecule has 3 nitrogen and oxygen atoms in total. The van der Waals surface area contributed by atoms with Crippen molar-refractivity contribution < 1.29 is 9.47 Å². The van der Waals surface area contributed by atoms with Gasteiger partial charge in [0.05, 0.1) is 7.11 Å². The Kier molecular flexibility index (Phi) is 4.75. The van der Waals surface area contributed by atoms with E-state index in [2.05, 4.69) is 37.9 Å². The maximum atomic E-state index is 6.09. The highest BCUT2D eigenvalue weighted by Gasteiger charge is 2.18. The van der Waals surface area contributed by atoms with Gasteiger partial charge in [-0.25, -0.2) is 4.98 Å². The number of hydrogen-bond donors (Lipinski definition) is 0. The molecule has 0 aliphatic carbocycles. The average Bonchev–Trinajstić information content (AvgIpc) is 2.61. The van der Waals surface area contributed by atoms with Gasteiger partial charge in [0, 0.05) is 11.8 Å². The van der Waals surface area contributed by atoms with Crippen LogP contribution in [0.25, 0.3) is 11.1 Å². The Morgan fingerprint density at radius 1 is 0.840 bits per heavy atom. The smallest absolute Gasteiger partial charge is 0.221 e. The van der Waals surface area contributed by atoms with Crippen molar-refractivity contribution >= 4 is 0 Å². The van der Waals surface area contributed by atoms with E-state index in [-0.39, 0.29) is 5.41 Å². The summed E-state index contributed by atoms with van der Waals surface area (Å²) in [5, 5.41) is 0. The van der Waals surface area contributed by atoms with Crippen LogP contribution in [0, 0.1) is 0 Å². The normalized spacial score (nSPS) is 11.2. The van der Waals surface area contributed by atoms with E-state index in [4.69, 9.17) is 9.47 Å². The molecule has 0 atom stereocenters. The molecule has 2 aromatic carbocycles. The zero-order chi connectivity index (χ0) is 17.9. The van der Waals surface area contributed by atoms with Gasteiger partial charge in [0.15, 0.2) is 0 Å². The molecule has 0 aliphatic rings. The highest BCUT2D eigenvalue weighted by Crippen LogP contribution is 2.36. The van der Waals surface area contributed by atoms with E-state index in [0.29, 0.717) is 5.88 Å². The summed E-state index contributed by atoms with van der Waals surface area (Å²) in [7, 11) is 1.64. The van der Waals surface area contributed by atoms with E-state index in [1.54, 1.807) is 13.3 Å². The first-order valence-corrected chi connectivity index (χ1v) is 8.35. The largest absolute Gasteiger partial charge is 0.481 e. The third-order valence-electron chi connectivity index (χ3n) is 4.03. The molecule has 0 saturated heterocycles. The maximum absolute atomic E-state index is 6.09. The highest BCUT2D eigenvalue weighted by atomic mass is 16.5. The number of para-hydroxylation sites is 1. The first-order valence-electron chi connectivity index (χ1n) is 8.35. The van der Waals surface area contributed by atoms with Gasteiger partial charge in [0.25, 0.3) is 0 Å². The monoisotopic (exact) mass is 333 g/mol. The Morgan fingerprint density at radius 2 is 1.60 bits per heavy atom. The lowest BCUT2D eigenvalue weighted by molar-refractivity contribution is 0.399. The Bertz CT molecular complexity index is 851. The fraction of sp³-hybridized carbons (Fsp3) is 0.227. The van der Waals surface area contributed by atoms with Gasteiger partial charge in [-0.3, -0.25) is 0 Å². The molecule has 1 aromatic heterocycles. The molecule has 0 saturated carbocycles. The van der Waals surface area contributed by atoms with Crippen LogP contribution in [0.2, 0.25) is 0 Å². The van der Waals surface area contributed by atoms with Gasteiger partial charge in [0.1, 0.15) is 11.5 Å². The number of aromatic nitrogens is 1. The molecule has 3 heteroatoms. The Hall–Kier alpha value is -2.81. The summed E-state index contributed by atoms with van der Waals surface area (Å²) < 4.78 is 11.5. The summed E-state index contributed by atoms with van der Waals surface area (Å²) in [6.07, 6.45) is 1.73. The number of nitrogens with zero attached hydrogens (tertiary/aromatic N) is 1. The number of methoxy groups -OCH3 is 1. The quantitative estimate of drug-likeness (QED) is 0.600. The maximum Gasteiger partial charge on any atom is 0.221 e. The fourth-order valence-electron chi connectivity index (χ4n) is 2.64. The fourth-order valence-corrected chi connectivity index (χ4v) is 2.64. The number of ether oxygens (including phenoxy) is 2. The van der Waals surface area contributed by atoms with Crippen molar-refractivity contribution in [2.75, 3.05) is 7.11 Å². The lowest BCUT2D eigenvalue weighted by Gasteiger charge is -2.22. The predicted molar refractivity (Wildman–Crippen MR) is 101 cm³/mol. The molecule has 0 aliphatic heterocycles. The minimum atomic E-state index is 0.000250. The van der Waals surface area contributed by atoms with E-state index >= 15 is 0 Å². The first-order chi connectivity index (χ1) is 12.0. The van der Waals surface area contributed by atoms with Crippen molar-refractivity contribution in [3.8, 4) is 28.5 Å². The van der Waals surface area contributed by atoms with E-state index < -0.39 is 0 Å². The standard InChI is InChI=1S/C22H23NO2/c1-22(2,3)17-13-16(20-11-8-12-23-21(20)24-4)14-19(15-17)25-18-9-6-5-7-10-18/h5-15H,1-4H3. The molecule has 0 amide bonds. The summed E-state index contributed by atoms with van der Waals surface area (Å²) in [6.45, 7) is 6.58. The second kappa shape index (κ2) is 6.98. The van der Waals surface area contributed by atoms with Crippen molar-refractivity contribution in [2.45, 2.75) is 26.2 Å². The molecule has 0 spiro atoms. The number of hydrogen-bond acceptors (Lipinski definition) is 3. The van der Waals surface area contributed by atoms with Crippen molar-refractivity contribution in [3.05, 3.63) is 72.4 Å². The lowest BCUT2D eigenvalue weighted by atomic mass is 9.85. The summed E-state index contributed by atoms with van der Waals surface area (Å²) in [5.74, 6) is 2.23. The minimum Gasteiger partial charge on any atom is -0.481 e. The molecular weight excluding hydrogens is 310 g/mol. The van der Waals surface area contributed by atoms with Gasteiger partial charge in [-0.05, 0) is 52.9 Å². The zero-order valence-electron chi connectivity index (χ0n) is 15.1. The second-order valence-electron chi connectivity index (χ2n) is 6.97. The number of pyridine rings is 1. The van der Waals surface area contributed by atoms with Crippen LogP contribution in [0.1, 0.15) is 26.3 Å². The van der Waals surface area contributed by atoms with Crippen LogP contribution in [0.4, 0.5) is 0 Å². The van der Waals surface area contributed by atoms with Crippen LogP contribution in [-0.4, -0.2) is 12.1 Å². The van der Waals surface area contributed by atoms with Crippen molar-refractivity contribution in [1.29, 1.82) is 0 Å². The Balaban J connectivity index is 2.10.